The first-order chi connectivity index (χ1) is 8.63. The van der Waals surface area contributed by atoms with E-state index in [1.54, 1.807) is 0 Å². The van der Waals surface area contributed by atoms with Gasteiger partial charge in [0.1, 0.15) is 12.6 Å². The molecule has 2 atom stereocenters. The summed E-state index contributed by atoms with van der Waals surface area (Å²) >= 11 is 0. The number of aliphatic carboxylic acids is 1. The van der Waals surface area contributed by atoms with Crippen LogP contribution in [-0.2, 0) is 9.53 Å². The summed E-state index contributed by atoms with van der Waals surface area (Å²) in [6.07, 6.45) is 4.22. The van der Waals surface area contributed by atoms with Crippen molar-refractivity contribution in [2.24, 2.45) is 0 Å². The van der Waals surface area contributed by atoms with Crippen molar-refractivity contribution in [1.29, 1.82) is 0 Å². The first-order valence-electron chi connectivity index (χ1n) is 6.14. The molecule has 18 heavy (non-hydrogen) atoms. The van der Waals surface area contributed by atoms with Gasteiger partial charge in [-0.3, -0.25) is 0 Å². The van der Waals surface area contributed by atoms with Crippen molar-refractivity contribution < 1.29 is 19.4 Å². The second-order valence-electron chi connectivity index (χ2n) is 4.30. The van der Waals surface area contributed by atoms with Gasteiger partial charge in [-0.25, -0.2) is 9.59 Å². The van der Waals surface area contributed by atoms with Crippen molar-refractivity contribution in [1.82, 2.24) is 10.6 Å². The molecule has 0 spiro atoms. The van der Waals surface area contributed by atoms with Crippen LogP contribution in [0.4, 0.5) is 4.79 Å². The van der Waals surface area contributed by atoms with Gasteiger partial charge in [0.2, 0.25) is 0 Å². The van der Waals surface area contributed by atoms with Crippen LogP contribution < -0.4 is 10.6 Å². The molecule has 1 heterocycles. The highest BCUT2D eigenvalue weighted by Crippen LogP contribution is 2.12. The van der Waals surface area contributed by atoms with E-state index in [0.29, 0.717) is 6.42 Å². The molecule has 1 rings (SSSR count). The predicted octanol–water partition coefficient (Wildman–Crippen LogP) is 0.884. The number of rotatable bonds is 6. The third-order valence-electron chi connectivity index (χ3n) is 2.86. The maximum Gasteiger partial charge on any atom is 0.408 e. The average Bonchev–Trinajstić information content (AvgIpc) is 2.36. The Morgan fingerprint density at radius 1 is 1.56 bits per heavy atom. The van der Waals surface area contributed by atoms with Gasteiger partial charge in [0.25, 0.3) is 0 Å². The maximum absolute atomic E-state index is 11.3. The Kier molecular flexibility index (Phi) is 6.21. The van der Waals surface area contributed by atoms with E-state index in [1.165, 1.54) is 6.08 Å². The normalized spacial score (nSPS) is 20.8. The molecule has 0 saturated carbocycles. The SMILES string of the molecule is C=CCOC(=O)N[C@H](CC1CCCCN1)C(=O)O. The quantitative estimate of drug-likeness (QED) is 0.614. The summed E-state index contributed by atoms with van der Waals surface area (Å²) < 4.78 is 4.71. The van der Waals surface area contributed by atoms with Crippen LogP contribution in [0.1, 0.15) is 25.7 Å². The molecule has 0 bridgehead atoms. The minimum Gasteiger partial charge on any atom is -0.480 e. The van der Waals surface area contributed by atoms with E-state index in [4.69, 9.17) is 9.84 Å². The number of carbonyl (C=O) groups excluding carboxylic acids is 1. The number of ether oxygens (including phenoxy) is 1. The van der Waals surface area contributed by atoms with Gasteiger partial charge >= 0.3 is 12.1 Å². The minimum atomic E-state index is -1.04. The van der Waals surface area contributed by atoms with Crippen LogP contribution in [-0.4, -0.2) is 42.4 Å². The Morgan fingerprint density at radius 2 is 2.33 bits per heavy atom. The zero-order valence-electron chi connectivity index (χ0n) is 10.4. The lowest BCUT2D eigenvalue weighted by atomic mass is 9.98. The largest absolute Gasteiger partial charge is 0.480 e. The number of carboxylic acids is 1. The molecule has 0 aromatic carbocycles. The molecule has 0 aliphatic carbocycles. The Hall–Kier alpha value is -1.56. The molecule has 6 heteroatoms. The lowest BCUT2D eigenvalue weighted by molar-refractivity contribution is -0.139. The second kappa shape index (κ2) is 7.71. The number of alkyl carbamates (subject to hydrolysis) is 1. The summed E-state index contributed by atoms with van der Waals surface area (Å²) in [6, 6.07) is -0.780. The van der Waals surface area contributed by atoms with Crippen LogP contribution in [0.3, 0.4) is 0 Å². The Balaban J connectivity index is 2.40. The van der Waals surface area contributed by atoms with Gasteiger partial charge in [-0.2, -0.15) is 0 Å². The lowest BCUT2D eigenvalue weighted by Crippen LogP contribution is -2.46. The van der Waals surface area contributed by atoms with Gasteiger partial charge < -0.3 is 20.5 Å². The molecule has 1 unspecified atom stereocenters. The molecule has 0 aromatic rings. The fourth-order valence-electron chi connectivity index (χ4n) is 1.95. The highest BCUT2D eigenvalue weighted by molar-refractivity contribution is 5.79. The smallest absolute Gasteiger partial charge is 0.408 e. The Bertz CT molecular complexity index is 300. The van der Waals surface area contributed by atoms with E-state index in [1.807, 2.05) is 0 Å². The van der Waals surface area contributed by atoms with Crippen LogP contribution in [0, 0.1) is 0 Å². The molecule has 0 aromatic heterocycles. The minimum absolute atomic E-state index is 0.0693. The van der Waals surface area contributed by atoms with Gasteiger partial charge in [0, 0.05) is 6.04 Å². The average molecular weight is 256 g/mol. The van der Waals surface area contributed by atoms with Gasteiger partial charge in [-0.15, -0.1) is 0 Å². The highest BCUT2D eigenvalue weighted by atomic mass is 16.5. The van der Waals surface area contributed by atoms with E-state index < -0.39 is 18.1 Å². The van der Waals surface area contributed by atoms with Crippen molar-refractivity contribution in [3.05, 3.63) is 12.7 Å². The van der Waals surface area contributed by atoms with Crippen LogP contribution in [0.15, 0.2) is 12.7 Å². The second-order valence-corrected chi connectivity index (χ2v) is 4.30. The van der Waals surface area contributed by atoms with E-state index in [0.717, 1.165) is 25.8 Å². The number of nitrogens with one attached hydrogen (secondary N) is 2. The first-order valence-corrected chi connectivity index (χ1v) is 6.14. The molecule has 1 amide bonds. The van der Waals surface area contributed by atoms with Crippen molar-refractivity contribution in [3.8, 4) is 0 Å². The molecule has 6 nitrogen and oxygen atoms in total. The van der Waals surface area contributed by atoms with Crippen molar-refractivity contribution in [3.63, 3.8) is 0 Å². The fraction of sp³-hybridized carbons (Fsp3) is 0.667. The number of carboxylic acid groups (broad SMARTS) is 1. The molecule has 1 aliphatic heterocycles. The van der Waals surface area contributed by atoms with Gasteiger partial charge in [0.05, 0.1) is 0 Å². The van der Waals surface area contributed by atoms with Crippen LogP contribution >= 0.6 is 0 Å². The number of hydrogen-bond acceptors (Lipinski definition) is 4. The summed E-state index contributed by atoms with van der Waals surface area (Å²) in [5, 5.41) is 14.7. The van der Waals surface area contributed by atoms with E-state index in [-0.39, 0.29) is 12.6 Å². The number of piperidine rings is 1. The molecule has 102 valence electrons. The molecule has 1 saturated heterocycles. The van der Waals surface area contributed by atoms with Crippen LogP contribution in [0.25, 0.3) is 0 Å². The topological polar surface area (TPSA) is 87.7 Å². The number of amides is 1. The van der Waals surface area contributed by atoms with E-state index in [9.17, 15) is 9.59 Å². The van der Waals surface area contributed by atoms with Crippen molar-refractivity contribution >= 4 is 12.1 Å². The van der Waals surface area contributed by atoms with Gasteiger partial charge in [-0.05, 0) is 25.8 Å². The zero-order chi connectivity index (χ0) is 13.4. The number of carbonyl (C=O) groups is 2. The fourth-order valence-corrected chi connectivity index (χ4v) is 1.95. The van der Waals surface area contributed by atoms with Crippen molar-refractivity contribution in [2.45, 2.75) is 37.8 Å². The van der Waals surface area contributed by atoms with E-state index in [2.05, 4.69) is 17.2 Å². The van der Waals surface area contributed by atoms with Crippen LogP contribution in [0.2, 0.25) is 0 Å². The maximum atomic E-state index is 11.3. The van der Waals surface area contributed by atoms with E-state index >= 15 is 0 Å². The predicted molar refractivity (Wildman–Crippen MR) is 66.4 cm³/mol. The zero-order valence-corrected chi connectivity index (χ0v) is 10.4. The third kappa shape index (κ3) is 5.18. The first kappa shape index (κ1) is 14.5. The summed E-state index contributed by atoms with van der Waals surface area (Å²) in [5.74, 6) is -1.04. The molecular weight excluding hydrogens is 236 g/mol. The molecule has 1 fully saturated rings. The Morgan fingerprint density at radius 3 is 2.89 bits per heavy atom. The third-order valence-corrected chi connectivity index (χ3v) is 2.86. The molecule has 0 radical (unpaired) electrons. The van der Waals surface area contributed by atoms with Crippen molar-refractivity contribution in [2.75, 3.05) is 13.2 Å². The summed E-state index contributed by atoms with van der Waals surface area (Å²) in [4.78, 5) is 22.4. The molecular formula is C12H20N2O4. The summed E-state index contributed by atoms with van der Waals surface area (Å²) in [7, 11) is 0. The highest BCUT2D eigenvalue weighted by Gasteiger charge is 2.25. The molecule has 3 N–H and O–H groups in total. The summed E-state index contributed by atoms with van der Waals surface area (Å²) in [5.41, 5.74) is 0. The Labute approximate surface area is 106 Å². The number of hydrogen-bond donors (Lipinski definition) is 3. The monoisotopic (exact) mass is 256 g/mol. The lowest BCUT2D eigenvalue weighted by Gasteiger charge is -2.26. The van der Waals surface area contributed by atoms with Crippen LogP contribution in [0.5, 0.6) is 0 Å². The van der Waals surface area contributed by atoms with Gasteiger partial charge in [-0.1, -0.05) is 19.1 Å². The standard InChI is InChI=1S/C12H20N2O4/c1-2-7-18-12(17)14-10(11(15)16)8-9-5-3-4-6-13-9/h2,9-10,13H,1,3-8H2,(H,14,17)(H,15,16)/t9?,10-/m1/s1. The summed E-state index contributed by atoms with van der Waals surface area (Å²) in [6.45, 7) is 4.38. The molecule has 1 aliphatic rings. The van der Waals surface area contributed by atoms with Gasteiger partial charge in [0.15, 0.2) is 0 Å².